The van der Waals surface area contributed by atoms with Gasteiger partial charge >= 0.3 is 0 Å². The first-order valence-corrected chi connectivity index (χ1v) is 20.9. The van der Waals surface area contributed by atoms with Gasteiger partial charge in [0.15, 0.2) is 0 Å². The Morgan fingerprint density at radius 1 is 0.150 bits per heavy atom. The van der Waals surface area contributed by atoms with E-state index in [1.54, 1.807) is 0 Å². The van der Waals surface area contributed by atoms with E-state index < -0.39 is 0 Å². The monoisotopic (exact) mass is 756 g/mol. The zero-order chi connectivity index (χ0) is 39.3. The van der Waals surface area contributed by atoms with Crippen molar-refractivity contribution < 1.29 is 0 Å². The Labute approximate surface area is 347 Å². The second kappa shape index (κ2) is 12.9. The number of hydrogen-bond acceptors (Lipinski definition) is 0. The van der Waals surface area contributed by atoms with Crippen LogP contribution in [-0.4, -0.2) is 0 Å². The van der Waals surface area contributed by atoms with Crippen LogP contribution in [-0.2, 0) is 0 Å². The fraction of sp³-hybridized carbons (Fsp3) is 0. The molecule has 0 nitrogen and oxygen atoms in total. The molecule has 276 valence electrons. The number of rotatable bonds is 3. The molecule has 0 N–H and O–H groups in total. The molecule has 0 atom stereocenters. The second-order valence-electron chi connectivity index (χ2n) is 16.4. The number of fused-ring (bicyclic) bond motifs is 14. The minimum atomic E-state index is 1.22. The Balaban J connectivity index is 1.08. The van der Waals surface area contributed by atoms with E-state index in [4.69, 9.17) is 0 Å². The normalized spacial score (nSPS) is 12.0. The van der Waals surface area contributed by atoms with Crippen LogP contribution in [0.25, 0.3) is 130 Å². The largest absolute Gasteiger partial charge is 0.0616 e. The van der Waals surface area contributed by atoms with E-state index in [1.807, 2.05) is 0 Å². The van der Waals surface area contributed by atoms with Crippen molar-refractivity contribution in [2.75, 3.05) is 0 Å². The highest BCUT2D eigenvalue weighted by atomic mass is 14.2. The van der Waals surface area contributed by atoms with E-state index in [0.29, 0.717) is 0 Å². The summed E-state index contributed by atoms with van der Waals surface area (Å²) >= 11 is 0. The molecular formula is C60H36. The van der Waals surface area contributed by atoms with Crippen LogP contribution in [0.3, 0.4) is 0 Å². The van der Waals surface area contributed by atoms with Gasteiger partial charge in [-0.1, -0.05) is 182 Å². The van der Waals surface area contributed by atoms with Crippen molar-refractivity contribution in [3.8, 4) is 33.4 Å². The molecule has 0 aliphatic rings. The van der Waals surface area contributed by atoms with Gasteiger partial charge in [-0.3, -0.25) is 0 Å². The van der Waals surface area contributed by atoms with Gasteiger partial charge in [-0.05, 0) is 167 Å². The van der Waals surface area contributed by atoms with Gasteiger partial charge in [-0.25, -0.2) is 0 Å². The Bertz CT molecular complexity index is 3940. The number of hydrogen-bond donors (Lipinski definition) is 0. The molecule has 0 aliphatic carbocycles. The minimum absolute atomic E-state index is 1.22. The highest BCUT2D eigenvalue weighted by Crippen LogP contribution is 2.44. The van der Waals surface area contributed by atoms with E-state index in [0.717, 1.165) is 0 Å². The summed E-state index contributed by atoms with van der Waals surface area (Å²) in [6.45, 7) is 0. The molecule has 0 heteroatoms. The molecule has 0 unspecified atom stereocenters. The maximum atomic E-state index is 2.47. The van der Waals surface area contributed by atoms with Gasteiger partial charge in [-0.2, -0.15) is 0 Å². The molecule has 0 saturated heterocycles. The van der Waals surface area contributed by atoms with E-state index in [9.17, 15) is 0 Å². The van der Waals surface area contributed by atoms with Gasteiger partial charge in [0.1, 0.15) is 0 Å². The zero-order valence-corrected chi connectivity index (χ0v) is 32.8. The van der Waals surface area contributed by atoms with Crippen molar-refractivity contribution in [3.05, 3.63) is 218 Å². The van der Waals surface area contributed by atoms with Gasteiger partial charge in [0.25, 0.3) is 0 Å². The molecule has 0 aromatic heterocycles. The summed E-state index contributed by atoms with van der Waals surface area (Å²) in [5.41, 5.74) is 7.40. The molecule has 0 fully saturated rings. The summed E-state index contributed by atoms with van der Waals surface area (Å²) in [5.74, 6) is 0. The van der Waals surface area contributed by atoms with Crippen molar-refractivity contribution in [3.63, 3.8) is 0 Å². The third-order valence-corrected chi connectivity index (χ3v) is 13.2. The average Bonchev–Trinajstić information content (AvgIpc) is 3.32. The van der Waals surface area contributed by atoms with Crippen LogP contribution in [0.5, 0.6) is 0 Å². The molecule has 0 amide bonds. The highest BCUT2D eigenvalue weighted by molar-refractivity contribution is 6.25. The zero-order valence-electron chi connectivity index (χ0n) is 32.8. The fourth-order valence-electron chi connectivity index (χ4n) is 10.2. The first kappa shape index (κ1) is 33.2. The predicted molar refractivity (Wildman–Crippen MR) is 260 cm³/mol. The summed E-state index contributed by atoms with van der Waals surface area (Å²) in [4.78, 5) is 0. The third-order valence-electron chi connectivity index (χ3n) is 13.2. The van der Waals surface area contributed by atoms with Gasteiger partial charge in [0.2, 0.25) is 0 Å². The van der Waals surface area contributed by atoms with Crippen LogP contribution in [0, 0.1) is 0 Å². The maximum Gasteiger partial charge on any atom is -0.00921 e. The van der Waals surface area contributed by atoms with Gasteiger partial charge in [-0.15, -0.1) is 0 Å². The highest BCUT2D eigenvalue weighted by Gasteiger charge is 2.17. The quantitative estimate of drug-likeness (QED) is 0.158. The Morgan fingerprint density at radius 2 is 0.450 bits per heavy atom. The van der Waals surface area contributed by atoms with Crippen molar-refractivity contribution in [2.45, 2.75) is 0 Å². The Hall–Kier alpha value is -7.80. The molecule has 0 aliphatic heterocycles. The van der Waals surface area contributed by atoms with Crippen molar-refractivity contribution in [2.24, 2.45) is 0 Å². The summed E-state index contributed by atoms with van der Waals surface area (Å²) in [5, 5.41) is 22.9. The van der Waals surface area contributed by atoms with Crippen molar-refractivity contribution >= 4 is 97.0 Å². The molecule has 0 heterocycles. The van der Waals surface area contributed by atoms with Gasteiger partial charge in [0.05, 0.1) is 0 Å². The summed E-state index contributed by atoms with van der Waals surface area (Å²) in [6, 6.07) is 81.7. The standard InChI is InChI=1S/C60H36/c1-4-12-47-37(9-1)17-20-42-31-40(23-27-50(42)47)41-24-30-55-57(46-26-29-52-44(33-46)22-19-39-11-3-6-14-49(39)52)35-59-54-16-8-7-15-53(54)56(36-60(59)58(55)34-41)45-25-28-51-43(32-45)21-18-38-10-2-5-13-48(38)51/h1-36H. The van der Waals surface area contributed by atoms with E-state index >= 15 is 0 Å². The third kappa shape index (κ3) is 5.04. The first-order chi connectivity index (χ1) is 29.7. The van der Waals surface area contributed by atoms with Crippen molar-refractivity contribution in [1.82, 2.24) is 0 Å². The topological polar surface area (TPSA) is 0 Å². The smallest absolute Gasteiger partial charge is 0.00921 e. The van der Waals surface area contributed by atoms with E-state index in [2.05, 4.69) is 218 Å². The van der Waals surface area contributed by atoms with Crippen molar-refractivity contribution in [1.29, 1.82) is 0 Å². The lowest BCUT2D eigenvalue weighted by atomic mass is 9.86. The molecule has 0 spiro atoms. The minimum Gasteiger partial charge on any atom is -0.0616 e. The average molecular weight is 757 g/mol. The van der Waals surface area contributed by atoms with Crippen LogP contribution in [0.2, 0.25) is 0 Å². The van der Waals surface area contributed by atoms with E-state index in [1.165, 1.54) is 130 Å². The van der Waals surface area contributed by atoms with Crippen LogP contribution in [0.1, 0.15) is 0 Å². The van der Waals surface area contributed by atoms with Crippen LogP contribution in [0.4, 0.5) is 0 Å². The molecular weight excluding hydrogens is 721 g/mol. The summed E-state index contributed by atoms with van der Waals surface area (Å²) in [7, 11) is 0. The molecule has 0 radical (unpaired) electrons. The van der Waals surface area contributed by atoms with Crippen LogP contribution in [0.15, 0.2) is 218 Å². The van der Waals surface area contributed by atoms with E-state index in [-0.39, 0.29) is 0 Å². The number of benzene rings is 13. The molecule has 13 rings (SSSR count). The SMILES string of the molecule is c1ccc2c(c1)ccc1cc(-c3ccc4c(-c5ccc6c(ccc7ccccc76)c5)cc5c6ccccc6c(-c6ccc7c(ccc8ccccc87)c6)cc5c4c3)ccc12. The molecule has 60 heavy (non-hydrogen) atoms. The van der Waals surface area contributed by atoms with Gasteiger partial charge in [0, 0.05) is 0 Å². The Kier molecular flexibility index (Phi) is 7.11. The molecule has 13 aromatic rings. The van der Waals surface area contributed by atoms with Crippen LogP contribution >= 0.6 is 0 Å². The predicted octanol–water partition coefficient (Wildman–Crippen LogP) is 17.1. The second-order valence-corrected chi connectivity index (χ2v) is 16.4. The van der Waals surface area contributed by atoms with Gasteiger partial charge < -0.3 is 0 Å². The first-order valence-electron chi connectivity index (χ1n) is 20.9. The lowest BCUT2D eigenvalue weighted by Gasteiger charge is -2.18. The fourth-order valence-corrected chi connectivity index (χ4v) is 10.2. The maximum absolute atomic E-state index is 2.47. The molecule has 0 saturated carbocycles. The lowest BCUT2D eigenvalue weighted by molar-refractivity contribution is 1.67. The summed E-state index contributed by atoms with van der Waals surface area (Å²) in [6.07, 6.45) is 0. The molecule has 0 bridgehead atoms. The Morgan fingerprint density at radius 3 is 0.950 bits per heavy atom. The van der Waals surface area contributed by atoms with Crippen LogP contribution < -0.4 is 0 Å². The molecule has 13 aromatic carbocycles. The lowest BCUT2D eigenvalue weighted by Crippen LogP contribution is -1.91. The summed E-state index contributed by atoms with van der Waals surface area (Å²) < 4.78 is 0.